The minimum atomic E-state index is -4.97. The molecule has 0 fully saturated rings. The summed E-state index contributed by atoms with van der Waals surface area (Å²) in [5.74, 6) is -1.29. The van der Waals surface area contributed by atoms with Gasteiger partial charge in [0.05, 0.1) is 26.4 Å². The van der Waals surface area contributed by atoms with E-state index in [0.717, 1.165) is 95.8 Å². The number of carbonyl (C=O) groups excluding carboxylic acids is 4. The van der Waals surface area contributed by atoms with Crippen molar-refractivity contribution in [2.45, 2.75) is 496 Å². The van der Waals surface area contributed by atoms with E-state index in [4.69, 9.17) is 37.0 Å². The summed E-state index contributed by atoms with van der Waals surface area (Å²) in [6.45, 7) is 7.41. The lowest BCUT2D eigenvalue weighted by atomic mass is 10.0. The minimum Gasteiger partial charge on any atom is -0.462 e. The third kappa shape index (κ3) is 81.9. The molecule has 636 valence electrons. The van der Waals surface area contributed by atoms with Gasteiger partial charge in [-0.1, -0.05) is 426 Å². The Morgan fingerprint density at radius 1 is 0.252 bits per heavy atom. The Morgan fingerprint density at radius 2 is 0.430 bits per heavy atom. The Bertz CT molecular complexity index is 2030. The van der Waals surface area contributed by atoms with Gasteiger partial charge < -0.3 is 33.8 Å². The third-order valence-corrected chi connectivity index (χ3v) is 22.7. The molecule has 3 N–H and O–H groups in total. The Labute approximate surface area is 658 Å². The predicted octanol–water partition coefficient (Wildman–Crippen LogP) is 27.2. The maximum absolute atomic E-state index is 13.2. The normalized spacial score (nSPS) is 13.7. The average Bonchev–Trinajstić information content (AvgIpc) is 0.907. The molecule has 0 radical (unpaired) electrons. The SMILES string of the molecule is CCCCCCCCCCCCCCCCCCCCCCCCC(=O)O[C@H](COC(=O)CCCCCCCCCCCCCCCCCC(C)C)COP(=O)(O)OC[C@@H](O)COP(=O)(O)OC[C@@H](COC(=O)CCCCCCCCCCCCCC)OC(=O)CCCCCCCCCCCCCCCCC. The van der Waals surface area contributed by atoms with E-state index in [-0.39, 0.29) is 25.7 Å². The van der Waals surface area contributed by atoms with Gasteiger partial charge in [-0.3, -0.25) is 37.3 Å². The van der Waals surface area contributed by atoms with Crippen LogP contribution in [0.3, 0.4) is 0 Å². The zero-order chi connectivity index (χ0) is 78.3. The fourth-order valence-corrected chi connectivity index (χ4v) is 15.4. The van der Waals surface area contributed by atoms with E-state index in [2.05, 4.69) is 34.6 Å². The maximum Gasteiger partial charge on any atom is 0.472 e. The highest BCUT2D eigenvalue weighted by Gasteiger charge is 2.30. The molecule has 2 unspecified atom stereocenters. The summed E-state index contributed by atoms with van der Waals surface area (Å²) in [5, 5.41) is 10.7. The molecule has 0 rings (SSSR count). The molecule has 0 aliphatic carbocycles. The van der Waals surface area contributed by atoms with Crippen molar-refractivity contribution in [2.75, 3.05) is 39.6 Å². The van der Waals surface area contributed by atoms with Gasteiger partial charge in [0.1, 0.15) is 19.3 Å². The number of hydrogen-bond acceptors (Lipinski definition) is 15. The molecule has 19 heteroatoms. The summed E-state index contributed by atoms with van der Waals surface area (Å²) in [4.78, 5) is 73.3. The average molecular weight is 1560 g/mol. The zero-order valence-corrected chi connectivity index (χ0v) is 72.1. The van der Waals surface area contributed by atoms with Crippen LogP contribution < -0.4 is 0 Å². The van der Waals surface area contributed by atoms with E-state index >= 15 is 0 Å². The van der Waals surface area contributed by atoms with Crippen molar-refractivity contribution >= 4 is 39.5 Å². The number of aliphatic hydroxyl groups excluding tert-OH is 1. The molecule has 0 aromatic carbocycles. The molecule has 0 aliphatic heterocycles. The largest absolute Gasteiger partial charge is 0.472 e. The van der Waals surface area contributed by atoms with Gasteiger partial charge in [-0.05, 0) is 31.6 Å². The number of aliphatic hydroxyl groups is 1. The third-order valence-electron chi connectivity index (χ3n) is 20.8. The van der Waals surface area contributed by atoms with Crippen molar-refractivity contribution in [1.82, 2.24) is 0 Å². The molecule has 0 aromatic rings. The molecule has 0 aromatic heterocycles. The van der Waals surface area contributed by atoms with Gasteiger partial charge in [-0.2, -0.15) is 0 Å². The second-order valence-electron chi connectivity index (χ2n) is 32.1. The lowest BCUT2D eigenvalue weighted by Gasteiger charge is -2.21. The highest BCUT2D eigenvalue weighted by molar-refractivity contribution is 7.47. The number of phosphoric acid groups is 2. The molecule has 0 aliphatic rings. The van der Waals surface area contributed by atoms with Crippen LogP contribution in [0.15, 0.2) is 0 Å². The van der Waals surface area contributed by atoms with Crippen LogP contribution in [0.2, 0.25) is 0 Å². The second-order valence-corrected chi connectivity index (χ2v) is 35.0. The standard InChI is InChI=1S/C88H172O17P2/c1-6-9-12-15-18-21-24-27-29-30-31-32-33-34-35-39-44-49-54-59-64-69-74-88(93)105-84(78-99-86(91)72-67-62-57-52-47-42-40-36-38-41-45-50-55-60-65-70-81(4)5)80-103-107(96,97)101-76-82(89)75-100-106(94,95)102-79-83(77-98-85(90)71-66-61-56-51-46-26-23-20-17-14-11-8-3)104-87(92)73-68-63-58-53-48-43-37-28-25-22-19-16-13-10-7-2/h81-84,89H,6-80H2,1-5H3,(H,94,95)(H,96,97)/t82-,83+,84+/m0/s1. The maximum atomic E-state index is 13.2. The highest BCUT2D eigenvalue weighted by atomic mass is 31.2. The van der Waals surface area contributed by atoms with Crippen LogP contribution in [0, 0.1) is 5.92 Å². The number of esters is 4. The molecule has 5 atom stereocenters. The number of carbonyl (C=O) groups is 4. The molecule has 0 spiro atoms. The van der Waals surface area contributed by atoms with E-state index < -0.39 is 97.5 Å². The van der Waals surface area contributed by atoms with Crippen molar-refractivity contribution in [1.29, 1.82) is 0 Å². The van der Waals surface area contributed by atoms with Gasteiger partial charge in [-0.25, -0.2) is 9.13 Å². The molecule has 0 bridgehead atoms. The Hall–Kier alpha value is -1.94. The summed E-state index contributed by atoms with van der Waals surface area (Å²) >= 11 is 0. The summed E-state index contributed by atoms with van der Waals surface area (Å²) in [6, 6.07) is 0. The van der Waals surface area contributed by atoms with Crippen molar-refractivity contribution in [2.24, 2.45) is 5.92 Å². The van der Waals surface area contributed by atoms with Gasteiger partial charge >= 0.3 is 39.5 Å². The number of phosphoric ester groups is 2. The fourth-order valence-electron chi connectivity index (χ4n) is 13.8. The molecule has 0 saturated heterocycles. The van der Waals surface area contributed by atoms with Crippen LogP contribution in [0.25, 0.3) is 0 Å². The quantitative estimate of drug-likeness (QED) is 0.0222. The highest BCUT2D eigenvalue weighted by Crippen LogP contribution is 2.45. The summed E-state index contributed by atoms with van der Waals surface area (Å²) < 4.78 is 69.0. The monoisotopic (exact) mass is 1560 g/mol. The summed E-state index contributed by atoms with van der Waals surface area (Å²) in [7, 11) is -9.93. The smallest absolute Gasteiger partial charge is 0.462 e. The molecular formula is C88H172O17P2. The number of hydrogen-bond donors (Lipinski definition) is 3. The van der Waals surface area contributed by atoms with Crippen LogP contribution in [0.5, 0.6) is 0 Å². The van der Waals surface area contributed by atoms with E-state index in [1.807, 2.05) is 0 Å². The Kier molecular flexibility index (Phi) is 79.2. The van der Waals surface area contributed by atoms with Gasteiger partial charge in [-0.15, -0.1) is 0 Å². The predicted molar refractivity (Wildman–Crippen MR) is 442 cm³/mol. The van der Waals surface area contributed by atoms with Crippen LogP contribution in [-0.2, 0) is 65.4 Å². The van der Waals surface area contributed by atoms with Gasteiger partial charge in [0.15, 0.2) is 12.2 Å². The number of rotatable bonds is 88. The summed E-state index contributed by atoms with van der Waals surface area (Å²) in [5.41, 5.74) is 0. The van der Waals surface area contributed by atoms with Gasteiger partial charge in [0.2, 0.25) is 0 Å². The first kappa shape index (κ1) is 105. The topological polar surface area (TPSA) is 237 Å². The summed E-state index contributed by atoms with van der Waals surface area (Å²) in [6.07, 6.45) is 75.0. The van der Waals surface area contributed by atoms with E-state index in [0.29, 0.717) is 25.7 Å². The van der Waals surface area contributed by atoms with Gasteiger partial charge in [0.25, 0.3) is 0 Å². The van der Waals surface area contributed by atoms with Crippen LogP contribution in [0.1, 0.15) is 478 Å². The first-order chi connectivity index (χ1) is 52.0. The molecule has 0 heterocycles. The lowest BCUT2D eigenvalue weighted by molar-refractivity contribution is -0.161. The van der Waals surface area contributed by atoms with E-state index in [1.54, 1.807) is 0 Å². The van der Waals surface area contributed by atoms with Crippen LogP contribution in [0.4, 0.5) is 0 Å². The molecule has 107 heavy (non-hydrogen) atoms. The van der Waals surface area contributed by atoms with Crippen LogP contribution >= 0.6 is 15.6 Å². The first-order valence-electron chi connectivity index (χ1n) is 45.6. The molecular weight excluding hydrogens is 1390 g/mol. The molecule has 17 nitrogen and oxygen atoms in total. The Balaban J connectivity index is 5.24. The lowest BCUT2D eigenvalue weighted by Crippen LogP contribution is -2.30. The van der Waals surface area contributed by atoms with E-state index in [9.17, 15) is 43.2 Å². The van der Waals surface area contributed by atoms with E-state index in [1.165, 1.54) is 302 Å². The fraction of sp³-hybridized carbons (Fsp3) is 0.955. The minimum absolute atomic E-state index is 0.109. The van der Waals surface area contributed by atoms with Crippen molar-refractivity contribution in [3.8, 4) is 0 Å². The second kappa shape index (κ2) is 80.7. The van der Waals surface area contributed by atoms with Gasteiger partial charge in [0, 0.05) is 25.7 Å². The number of ether oxygens (including phenoxy) is 4. The van der Waals surface area contributed by atoms with Crippen molar-refractivity contribution in [3.63, 3.8) is 0 Å². The first-order valence-corrected chi connectivity index (χ1v) is 48.6. The Morgan fingerprint density at radius 3 is 0.636 bits per heavy atom. The molecule has 0 amide bonds. The number of unbranched alkanes of at least 4 members (excludes halogenated alkanes) is 60. The zero-order valence-electron chi connectivity index (χ0n) is 70.3. The van der Waals surface area contributed by atoms with Crippen molar-refractivity contribution in [3.05, 3.63) is 0 Å². The van der Waals surface area contributed by atoms with Crippen molar-refractivity contribution < 1.29 is 80.2 Å². The molecule has 0 saturated carbocycles. The van der Waals surface area contributed by atoms with Crippen LogP contribution in [-0.4, -0.2) is 96.7 Å².